The molecule has 0 aliphatic carbocycles. The lowest BCUT2D eigenvalue weighted by Gasteiger charge is -2.20. The van der Waals surface area contributed by atoms with Gasteiger partial charge in [-0.25, -0.2) is 4.79 Å². The topological polar surface area (TPSA) is 108 Å². The van der Waals surface area contributed by atoms with Crippen LogP contribution in [0.1, 0.15) is 31.1 Å². The van der Waals surface area contributed by atoms with E-state index >= 15 is 0 Å². The van der Waals surface area contributed by atoms with Crippen molar-refractivity contribution < 1.29 is 24.0 Å². The molecule has 0 saturated heterocycles. The van der Waals surface area contributed by atoms with Crippen LogP contribution in [-0.2, 0) is 9.53 Å². The van der Waals surface area contributed by atoms with E-state index in [9.17, 15) is 19.7 Å². The van der Waals surface area contributed by atoms with E-state index in [1.165, 1.54) is 19.2 Å². The van der Waals surface area contributed by atoms with Crippen molar-refractivity contribution in [1.29, 1.82) is 0 Å². The number of rotatable bonds is 5. The van der Waals surface area contributed by atoms with Gasteiger partial charge in [0.05, 0.1) is 12.0 Å². The lowest BCUT2D eigenvalue weighted by Crippen LogP contribution is -2.42. The van der Waals surface area contributed by atoms with Crippen LogP contribution in [0.25, 0.3) is 0 Å². The van der Waals surface area contributed by atoms with Crippen LogP contribution in [0, 0.1) is 10.1 Å². The molecule has 0 heterocycles. The summed E-state index contributed by atoms with van der Waals surface area (Å²) in [4.78, 5) is 33.7. The number of carbonyl (C=O) groups excluding carboxylic acids is 2. The molecule has 8 heteroatoms. The van der Waals surface area contributed by atoms with E-state index in [1.807, 2.05) is 0 Å². The molecule has 1 N–H and O–H groups in total. The average Bonchev–Trinajstić information content (AvgIpc) is 2.42. The highest BCUT2D eigenvalue weighted by Gasteiger charge is 2.20. The highest BCUT2D eigenvalue weighted by molar-refractivity contribution is 5.94. The molecule has 0 radical (unpaired) electrons. The van der Waals surface area contributed by atoms with Crippen molar-refractivity contribution >= 4 is 17.6 Å². The fourth-order valence-electron chi connectivity index (χ4n) is 1.63. The Morgan fingerprint density at radius 3 is 2.45 bits per heavy atom. The summed E-state index contributed by atoms with van der Waals surface area (Å²) in [7, 11) is 1.32. The highest BCUT2D eigenvalue weighted by Crippen LogP contribution is 2.24. The van der Waals surface area contributed by atoms with Crippen molar-refractivity contribution in [3.05, 3.63) is 33.9 Å². The van der Waals surface area contributed by atoms with Gasteiger partial charge in [-0.05, 0) is 26.8 Å². The van der Waals surface area contributed by atoms with Crippen LogP contribution < -0.4 is 10.1 Å². The minimum atomic E-state index is -0.871. The summed E-state index contributed by atoms with van der Waals surface area (Å²) in [6, 6.07) is 3.55. The fraction of sp³-hybridized carbons (Fsp3) is 0.429. The van der Waals surface area contributed by atoms with Crippen LogP contribution >= 0.6 is 0 Å². The van der Waals surface area contributed by atoms with Gasteiger partial charge in [0.15, 0.2) is 6.61 Å². The first-order valence-electron chi connectivity index (χ1n) is 6.44. The first-order valence-corrected chi connectivity index (χ1v) is 6.44. The van der Waals surface area contributed by atoms with E-state index in [-0.39, 0.29) is 17.0 Å². The van der Waals surface area contributed by atoms with Gasteiger partial charge in [0.25, 0.3) is 11.6 Å². The molecule has 0 spiro atoms. The monoisotopic (exact) mass is 310 g/mol. The number of non-ortho nitro benzene ring substituents is 1. The maximum absolute atomic E-state index is 12.0. The SMILES string of the molecule is COc1ccc([N+](=O)[O-])cc1C(=O)OCC(=O)NC(C)(C)C. The number of ether oxygens (including phenoxy) is 2. The first kappa shape index (κ1) is 17.4. The van der Waals surface area contributed by atoms with Gasteiger partial charge >= 0.3 is 5.97 Å². The smallest absolute Gasteiger partial charge is 0.342 e. The van der Waals surface area contributed by atoms with Crippen LogP contribution in [0.5, 0.6) is 5.75 Å². The summed E-state index contributed by atoms with van der Waals surface area (Å²) in [6.45, 7) is 4.88. The molecule has 1 aromatic rings. The third-order valence-electron chi connectivity index (χ3n) is 2.46. The molecular formula is C14H18N2O6. The van der Waals surface area contributed by atoms with Gasteiger partial charge in [-0.1, -0.05) is 0 Å². The lowest BCUT2D eigenvalue weighted by atomic mass is 10.1. The van der Waals surface area contributed by atoms with Crippen LogP contribution in [0.4, 0.5) is 5.69 Å². The molecule has 120 valence electrons. The summed E-state index contributed by atoms with van der Waals surface area (Å²) >= 11 is 0. The third-order valence-corrected chi connectivity index (χ3v) is 2.46. The molecule has 8 nitrogen and oxygen atoms in total. The quantitative estimate of drug-likeness (QED) is 0.503. The Hall–Kier alpha value is -2.64. The number of amides is 1. The number of nitro benzene ring substituents is 1. The Morgan fingerprint density at radius 1 is 1.32 bits per heavy atom. The number of nitro groups is 1. The highest BCUT2D eigenvalue weighted by atomic mass is 16.6. The molecule has 1 amide bonds. The van der Waals surface area contributed by atoms with Crippen molar-refractivity contribution in [3.8, 4) is 5.75 Å². The van der Waals surface area contributed by atoms with E-state index < -0.39 is 28.9 Å². The normalized spacial score (nSPS) is 10.7. The molecule has 0 aliphatic heterocycles. The molecule has 0 aromatic heterocycles. The van der Waals surface area contributed by atoms with Crippen molar-refractivity contribution in [2.24, 2.45) is 0 Å². The van der Waals surface area contributed by atoms with Crippen molar-refractivity contribution in [1.82, 2.24) is 5.32 Å². The number of nitrogens with one attached hydrogen (secondary N) is 1. The zero-order valence-corrected chi connectivity index (χ0v) is 12.8. The Bertz CT molecular complexity index is 591. The Morgan fingerprint density at radius 2 is 1.95 bits per heavy atom. The van der Waals surface area contributed by atoms with Gasteiger partial charge in [0, 0.05) is 17.7 Å². The second kappa shape index (κ2) is 6.88. The Kier molecular flexibility index (Phi) is 5.44. The zero-order chi connectivity index (χ0) is 16.9. The second-order valence-electron chi connectivity index (χ2n) is 5.52. The van der Waals surface area contributed by atoms with Gasteiger partial charge in [-0.3, -0.25) is 14.9 Å². The molecule has 0 aliphatic rings. The second-order valence-corrected chi connectivity index (χ2v) is 5.52. The number of hydrogen-bond donors (Lipinski definition) is 1. The van der Waals surface area contributed by atoms with Crippen LogP contribution in [-0.4, -0.2) is 36.1 Å². The number of hydrogen-bond acceptors (Lipinski definition) is 6. The molecule has 0 fully saturated rings. The maximum Gasteiger partial charge on any atom is 0.342 e. The third kappa shape index (κ3) is 5.04. The van der Waals surface area contributed by atoms with E-state index in [0.717, 1.165) is 6.07 Å². The fourth-order valence-corrected chi connectivity index (χ4v) is 1.63. The van der Waals surface area contributed by atoms with E-state index in [4.69, 9.17) is 9.47 Å². The van der Waals surface area contributed by atoms with Crippen molar-refractivity contribution in [2.75, 3.05) is 13.7 Å². The molecule has 1 rings (SSSR count). The summed E-state index contributed by atoms with van der Waals surface area (Å²) in [6.07, 6.45) is 0. The van der Waals surface area contributed by atoms with Crippen molar-refractivity contribution in [3.63, 3.8) is 0 Å². The number of esters is 1. The summed E-state index contributed by atoms with van der Waals surface area (Å²) < 4.78 is 9.82. The first-order chi connectivity index (χ1) is 10.1. The summed E-state index contributed by atoms with van der Waals surface area (Å²) in [5.41, 5.74) is -0.834. The molecule has 0 saturated carbocycles. The minimum absolute atomic E-state index is 0.111. The maximum atomic E-state index is 12.0. The molecule has 22 heavy (non-hydrogen) atoms. The molecule has 0 unspecified atom stereocenters. The predicted octanol–water partition coefficient (Wildman–Crippen LogP) is 1.67. The number of nitrogens with zero attached hydrogens (tertiary/aromatic N) is 1. The molecule has 0 bridgehead atoms. The Balaban J connectivity index is 2.82. The van der Waals surface area contributed by atoms with Gasteiger partial charge in [-0.2, -0.15) is 0 Å². The van der Waals surface area contributed by atoms with Gasteiger partial charge < -0.3 is 14.8 Å². The molecule has 0 atom stereocenters. The van der Waals surface area contributed by atoms with E-state index in [2.05, 4.69) is 5.32 Å². The van der Waals surface area contributed by atoms with Crippen LogP contribution in [0.15, 0.2) is 18.2 Å². The minimum Gasteiger partial charge on any atom is -0.496 e. The average molecular weight is 310 g/mol. The number of methoxy groups -OCH3 is 1. The number of carbonyl (C=O) groups is 2. The van der Waals surface area contributed by atoms with Crippen LogP contribution in [0.3, 0.4) is 0 Å². The summed E-state index contributed by atoms with van der Waals surface area (Å²) in [5.74, 6) is -1.21. The van der Waals surface area contributed by atoms with Gasteiger partial charge in [-0.15, -0.1) is 0 Å². The molecule has 1 aromatic carbocycles. The van der Waals surface area contributed by atoms with Crippen LogP contribution in [0.2, 0.25) is 0 Å². The number of benzene rings is 1. The predicted molar refractivity (Wildman–Crippen MR) is 77.8 cm³/mol. The van der Waals surface area contributed by atoms with Crippen molar-refractivity contribution in [2.45, 2.75) is 26.3 Å². The lowest BCUT2D eigenvalue weighted by molar-refractivity contribution is -0.384. The standard InChI is InChI=1S/C14H18N2O6/c1-14(2,3)15-12(17)8-22-13(18)10-7-9(16(19)20)5-6-11(10)21-4/h5-7H,8H2,1-4H3,(H,15,17). The zero-order valence-electron chi connectivity index (χ0n) is 12.8. The Labute approximate surface area is 127 Å². The summed E-state index contributed by atoms with van der Waals surface area (Å²) in [5, 5.41) is 13.4. The van der Waals surface area contributed by atoms with E-state index in [1.54, 1.807) is 20.8 Å². The molecular weight excluding hydrogens is 292 g/mol. The van der Waals surface area contributed by atoms with Gasteiger partial charge in [0.2, 0.25) is 0 Å². The largest absolute Gasteiger partial charge is 0.496 e. The van der Waals surface area contributed by atoms with Gasteiger partial charge in [0.1, 0.15) is 11.3 Å². The van der Waals surface area contributed by atoms with E-state index in [0.29, 0.717) is 0 Å².